The molecule has 0 unspecified atom stereocenters. The van der Waals surface area contributed by atoms with Crippen molar-refractivity contribution in [3.05, 3.63) is 71.3 Å². The average molecular weight is 377 g/mol. The van der Waals surface area contributed by atoms with Gasteiger partial charge in [0.15, 0.2) is 17.3 Å². The predicted octanol–water partition coefficient (Wildman–Crippen LogP) is 4.30. The van der Waals surface area contributed by atoms with Crippen LogP contribution in [0, 0.1) is 5.92 Å². The largest absolute Gasteiger partial charge is 0.493 e. The number of hydrogen-bond acceptors (Lipinski definition) is 4. The maximum absolute atomic E-state index is 12.0. The number of ketones is 1. The highest BCUT2D eigenvalue weighted by Crippen LogP contribution is 2.52. The number of rotatable bonds is 6. The van der Waals surface area contributed by atoms with Crippen molar-refractivity contribution in [2.75, 3.05) is 7.11 Å². The van der Waals surface area contributed by atoms with Gasteiger partial charge in [-0.25, -0.2) is 0 Å². The minimum atomic E-state index is -0.125. The zero-order valence-electron chi connectivity index (χ0n) is 16.3. The molecular weight excluding hydrogens is 350 g/mol. The Morgan fingerprint density at radius 2 is 2.00 bits per heavy atom. The van der Waals surface area contributed by atoms with Crippen LogP contribution in [0.3, 0.4) is 0 Å². The van der Waals surface area contributed by atoms with Gasteiger partial charge in [-0.3, -0.25) is 4.79 Å². The summed E-state index contributed by atoms with van der Waals surface area (Å²) in [5.74, 6) is 1.99. The molecule has 1 fully saturated rings. The number of allylic oxidation sites excluding steroid dienone is 2. The summed E-state index contributed by atoms with van der Waals surface area (Å²) in [6, 6.07) is 14.2. The molecule has 2 aliphatic rings. The van der Waals surface area contributed by atoms with Gasteiger partial charge in [0.05, 0.1) is 7.11 Å². The molecule has 2 N–H and O–H groups in total. The minimum absolute atomic E-state index is 0.125. The molecule has 0 heterocycles. The molecule has 0 saturated heterocycles. The Hall–Kier alpha value is -2.59. The Morgan fingerprint density at radius 3 is 2.75 bits per heavy atom. The normalized spacial score (nSPS) is 23.5. The molecule has 0 aromatic heterocycles. The third-order valence-electron chi connectivity index (χ3n) is 6.23. The first kappa shape index (κ1) is 18.8. The van der Waals surface area contributed by atoms with Crippen LogP contribution in [0.25, 0.3) is 0 Å². The monoisotopic (exact) mass is 377 g/mol. The van der Waals surface area contributed by atoms with E-state index in [1.165, 1.54) is 5.56 Å². The average Bonchev–Trinajstić information content (AvgIpc) is 3.16. The molecular formula is C24H27NO3. The maximum Gasteiger partial charge on any atom is 0.161 e. The Labute approximate surface area is 166 Å². The van der Waals surface area contributed by atoms with Gasteiger partial charge in [-0.1, -0.05) is 42.8 Å². The summed E-state index contributed by atoms with van der Waals surface area (Å²) in [6.45, 7) is 0.907. The van der Waals surface area contributed by atoms with Crippen LogP contribution in [0.4, 0.5) is 0 Å². The zero-order chi connectivity index (χ0) is 19.6. The summed E-state index contributed by atoms with van der Waals surface area (Å²) in [4.78, 5) is 12.0. The van der Waals surface area contributed by atoms with E-state index in [2.05, 4.69) is 12.1 Å². The lowest BCUT2D eigenvalue weighted by Gasteiger charge is -2.37. The zero-order valence-corrected chi connectivity index (χ0v) is 16.3. The number of benzene rings is 2. The quantitative estimate of drug-likeness (QED) is 0.815. The van der Waals surface area contributed by atoms with E-state index in [0.29, 0.717) is 31.2 Å². The molecule has 0 aliphatic heterocycles. The highest BCUT2D eigenvalue weighted by atomic mass is 16.5. The summed E-state index contributed by atoms with van der Waals surface area (Å²) in [6.07, 6.45) is 7.74. The van der Waals surface area contributed by atoms with Crippen LogP contribution in [-0.4, -0.2) is 12.9 Å². The lowest BCUT2D eigenvalue weighted by atomic mass is 9.66. The molecule has 1 saturated carbocycles. The molecule has 146 valence electrons. The SMILES string of the molecule is COc1cc(CN)c([C@]23C=CC(=O)C[C@H]2CCC3)cc1OCc1ccccc1. The van der Waals surface area contributed by atoms with Gasteiger partial charge in [0, 0.05) is 18.4 Å². The van der Waals surface area contributed by atoms with Gasteiger partial charge in [0.2, 0.25) is 0 Å². The number of fused-ring (bicyclic) bond motifs is 1. The van der Waals surface area contributed by atoms with Crippen molar-refractivity contribution in [3.8, 4) is 11.5 Å². The fourth-order valence-electron chi connectivity index (χ4n) is 4.82. The highest BCUT2D eigenvalue weighted by molar-refractivity contribution is 5.91. The topological polar surface area (TPSA) is 61.5 Å². The van der Waals surface area contributed by atoms with E-state index < -0.39 is 0 Å². The lowest BCUT2D eigenvalue weighted by molar-refractivity contribution is -0.116. The summed E-state index contributed by atoms with van der Waals surface area (Å²) in [7, 11) is 1.65. The molecule has 2 aromatic rings. The summed E-state index contributed by atoms with van der Waals surface area (Å²) in [5.41, 5.74) is 9.35. The number of ether oxygens (including phenoxy) is 2. The second-order valence-electron chi connectivity index (χ2n) is 7.77. The Bertz CT molecular complexity index is 890. The fraction of sp³-hybridized carbons (Fsp3) is 0.375. The van der Waals surface area contributed by atoms with Gasteiger partial charge in [-0.15, -0.1) is 0 Å². The van der Waals surface area contributed by atoms with Crippen LogP contribution in [0.5, 0.6) is 11.5 Å². The molecule has 0 radical (unpaired) electrons. The molecule has 4 heteroatoms. The maximum atomic E-state index is 12.0. The van der Waals surface area contributed by atoms with E-state index in [0.717, 1.165) is 36.1 Å². The van der Waals surface area contributed by atoms with E-state index in [4.69, 9.17) is 15.2 Å². The van der Waals surface area contributed by atoms with Crippen molar-refractivity contribution in [2.45, 2.75) is 44.2 Å². The van der Waals surface area contributed by atoms with Crippen molar-refractivity contribution in [2.24, 2.45) is 11.7 Å². The summed E-state index contributed by atoms with van der Waals surface area (Å²) >= 11 is 0. The van der Waals surface area contributed by atoms with Gasteiger partial charge in [0.1, 0.15) is 6.61 Å². The third-order valence-corrected chi connectivity index (χ3v) is 6.23. The molecule has 2 atom stereocenters. The van der Waals surface area contributed by atoms with Crippen LogP contribution in [0.15, 0.2) is 54.6 Å². The number of hydrogen-bond donors (Lipinski definition) is 1. The standard InChI is InChI=1S/C24H27NO3/c1-27-22-12-18(15-25)21(14-23(22)28-16-17-6-3-2-4-7-17)24-10-5-8-19(24)13-20(26)9-11-24/h2-4,6-7,9,11-12,14,19H,5,8,10,13,15-16,25H2,1H3/t19-,24-/m1/s1. The van der Waals surface area contributed by atoms with Crippen LogP contribution >= 0.6 is 0 Å². The fourth-order valence-corrected chi connectivity index (χ4v) is 4.82. The molecule has 0 spiro atoms. The van der Waals surface area contributed by atoms with E-state index in [-0.39, 0.29) is 11.2 Å². The number of nitrogens with two attached hydrogens (primary N) is 1. The Kier molecular flexibility index (Phi) is 5.23. The molecule has 2 aliphatic carbocycles. The predicted molar refractivity (Wildman–Crippen MR) is 109 cm³/mol. The van der Waals surface area contributed by atoms with Gasteiger partial charge in [-0.05, 0) is 53.7 Å². The second-order valence-corrected chi connectivity index (χ2v) is 7.77. The molecule has 4 rings (SSSR count). The van der Waals surface area contributed by atoms with Gasteiger partial charge in [-0.2, -0.15) is 0 Å². The van der Waals surface area contributed by atoms with E-state index in [1.54, 1.807) is 13.2 Å². The molecule has 4 nitrogen and oxygen atoms in total. The summed E-state index contributed by atoms with van der Waals surface area (Å²) in [5, 5.41) is 0. The first-order valence-electron chi connectivity index (χ1n) is 9.96. The van der Waals surface area contributed by atoms with E-state index >= 15 is 0 Å². The minimum Gasteiger partial charge on any atom is -0.493 e. The van der Waals surface area contributed by atoms with Crippen molar-refractivity contribution >= 4 is 5.78 Å². The number of methoxy groups -OCH3 is 1. The van der Waals surface area contributed by atoms with Crippen molar-refractivity contribution in [3.63, 3.8) is 0 Å². The number of carbonyl (C=O) groups is 1. The lowest BCUT2D eigenvalue weighted by Crippen LogP contribution is -2.34. The Morgan fingerprint density at radius 1 is 1.18 bits per heavy atom. The molecule has 28 heavy (non-hydrogen) atoms. The molecule has 0 amide bonds. The summed E-state index contributed by atoms with van der Waals surface area (Å²) < 4.78 is 11.7. The van der Waals surface area contributed by atoms with Gasteiger partial charge in [0.25, 0.3) is 0 Å². The number of carbonyl (C=O) groups excluding carboxylic acids is 1. The van der Waals surface area contributed by atoms with E-state index in [9.17, 15) is 4.79 Å². The molecule has 0 bridgehead atoms. The molecule has 2 aromatic carbocycles. The van der Waals surface area contributed by atoms with Crippen molar-refractivity contribution in [1.82, 2.24) is 0 Å². The smallest absolute Gasteiger partial charge is 0.161 e. The van der Waals surface area contributed by atoms with Crippen LogP contribution < -0.4 is 15.2 Å². The van der Waals surface area contributed by atoms with E-state index in [1.807, 2.05) is 36.4 Å². The first-order chi connectivity index (χ1) is 13.7. The van der Waals surface area contributed by atoms with Crippen molar-refractivity contribution < 1.29 is 14.3 Å². The first-order valence-corrected chi connectivity index (χ1v) is 9.96. The third kappa shape index (κ3) is 3.33. The van der Waals surface area contributed by atoms with Gasteiger partial charge >= 0.3 is 0 Å². The van der Waals surface area contributed by atoms with Crippen molar-refractivity contribution in [1.29, 1.82) is 0 Å². The highest BCUT2D eigenvalue weighted by Gasteiger charge is 2.46. The second kappa shape index (κ2) is 7.80. The van der Waals surface area contributed by atoms with Crippen LogP contribution in [0.2, 0.25) is 0 Å². The van der Waals surface area contributed by atoms with Crippen LogP contribution in [0.1, 0.15) is 42.4 Å². The van der Waals surface area contributed by atoms with Gasteiger partial charge < -0.3 is 15.2 Å². The Balaban J connectivity index is 1.74. The van der Waals surface area contributed by atoms with Crippen LogP contribution in [-0.2, 0) is 23.4 Å².